The number of carbonyl (C=O) groups excluding carboxylic acids is 4. The van der Waals surface area contributed by atoms with E-state index in [1.807, 2.05) is 27.7 Å². The molecule has 2 aromatic rings. The van der Waals surface area contributed by atoms with E-state index in [2.05, 4.69) is 16.0 Å². The summed E-state index contributed by atoms with van der Waals surface area (Å²) in [5, 5.41) is 8.16. The zero-order chi connectivity index (χ0) is 27.3. The second-order valence-corrected chi connectivity index (χ2v) is 7.45. The van der Waals surface area contributed by atoms with Gasteiger partial charge in [0, 0.05) is 55.9 Å². The van der Waals surface area contributed by atoms with Crippen molar-refractivity contribution in [1.29, 1.82) is 0 Å². The Kier molecular flexibility index (Phi) is 12.9. The first kappa shape index (κ1) is 30.3. The van der Waals surface area contributed by atoms with Crippen molar-refractivity contribution in [2.45, 2.75) is 66.6 Å². The van der Waals surface area contributed by atoms with Gasteiger partial charge in [-0.15, -0.1) is 0 Å². The van der Waals surface area contributed by atoms with Crippen molar-refractivity contribution in [2.75, 3.05) is 17.7 Å². The first-order valence-electron chi connectivity index (χ1n) is 12.2. The number of benzene rings is 2. The summed E-state index contributed by atoms with van der Waals surface area (Å²) >= 11 is 0. The van der Waals surface area contributed by atoms with Crippen LogP contribution < -0.4 is 16.0 Å². The number of halogens is 1. The zero-order valence-electron chi connectivity index (χ0n) is 21.9. The molecule has 0 bridgehead atoms. The highest BCUT2D eigenvalue weighted by atomic mass is 19.1. The summed E-state index contributed by atoms with van der Waals surface area (Å²) in [5.74, 6) is -1.52. The van der Waals surface area contributed by atoms with Crippen LogP contribution in [0.25, 0.3) is 0 Å². The lowest BCUT2D eigenvalue weighted by Gasteiger charge is -2.25. The Labute approximate surface area is 212 Å². The molecule has 3 N–H and O–H groups in total. The van der Waals surface area contributed by atoms with Crippen LogP contribution in [0, 0.1) is 5.82 Å². The summed E-state index contributed by atoms with van der Waals surface area (Å²) in [6.07, 6.45) is 1.11. The molecular formula is C27H37FN4O4. The number of rotatable bonds is 9. The van der Waals surface area contributed by atoms with E-state index >= 15 is 0 Å². The maximum Gasteiger partial charge on any atom is 0.255 e. The molecule has 0 aromatic heterocycles. The van der Waals surface area contributed by atoms with Crippen LogP contribution in [0.1, 0.15) is 68.9 Å². The number of anilines is 2. The number of carbonyl (C=O) groups is 4. The Morgan fingerprint density at radius 1 is 1.08 bits per heavy atom. The van der Waals surface area contributed by atoms with Gasteiger partial charge >= 0.3 is 0 Å². The Morgan fingerprint density at radius 2 is 1.72 bits per heavy atom. The predicted octanol–water partition coefficient (Wildman–Crippen LogP) is 4.50. The highest BCUT2D eigenvalue weighted by molar-refractivity contribution is 6.02. The smallest absolute Gasteiger partial charge is 0.255 e. The monoisotopic (exact) mass is 500 g/mol. The highest BCUT2D eigenvalue weighted by Gasteiger charge is 2.36. The SMILES string of the molecule is CC.CC.CNC(=O)C(CCC=O)N1Cc2c(NCc3cccc(NC(C)=O)c3F)cccc2C1=O. The fraction of sp³-hybridized carbons (Fsp3) is 0.407. The molecule has 0 fully saturated rings. The molecule has 36 heavy (non-hydrogen) atoms. The predicted molar refractivity (Wildman–Crippen MR) is 140 cm³/mol. The van der Waals surface area contributed by atoms with Crippen LogP contribution >= 0.6 is 0 Å². The summed E-state index contributed by atoms with van der Waals surface area (Å²) in [7, 11) is 1.49. The van der Waals surface area contributed by atoms with Gasteiger partial charge in [0.1, 0.15) is 12.3 Å². The van der Waals surface area contributed by atoms with E-state index in [0.717, 1.165) is 6.29 Å². The topological polar surface area (TPSA) is 108 Å². The van der Waals surface area contributed by atoms with Crippen LogP contribution in [-0.2, 0) is 27.5 Å². The Bertz CT molecular complexity index is 1060. The van der Waals surface area contributed by atoms with Crippen LogP contribution in [0.15, 0.2) is 36.4 Å². The molecule has 2 aromatic carbocycles. The third kappa shape index (κ3) is 7.37. The van der Waals surface area contributed by atoms with Gasteiger partial charge in [0.15, 0.2) is 5.82 Å². The van der Waals surface area contributed by atoms with Crippen LogP contribution in [0.3, 0.4) is 0 Å². The van der Waals surface area contributed by atoms with Crippen molar-refractivity contribution in [2.24, 2.45) is 0 Å². The van der Waals surface area contributed by atoms with E-state index in [9.17, 15) is 23.6 Å². The standard InChI is InChI=1S/C23H25FN4O4.2C2H6/c1-14(30)27-19-9-3-6-15(21(19)24)12-26-18-8-4-7-16-17(18)13-28(23(16)32)20(10-5-11-29)22(31)25-2;2*1-2/h3-4,6-9,11,20,26H,5,10,12-13H2,1-2H3,(H,25,31)(H,27,30);2*1-2H3. The zero-order valence-corrected chi connectivity index (χ0v) is 21.9. The summed E-state index contributed by atoms with van der Waals surface area (Å²) in [6.45, 7) is 9.64. The molecule has 0 spiro atoms. The molecule has 1 aliphatic rings. The molecule has 1 aliphatic heterocycles. The van der Waals surface area contributed by atoms with Gasteiger partial charge in [0.05, 0.1) is 5.69 Å². The summed E-state index contributed by atoms with van der Waals surface area (Å²) in [6, 6.07) is 9.15. The lowest BCUT2D eigenvalue weighted by molar-refractivity contribution is -0.125. The second-order valence-electron chi connectivity index (χ2n) is 7.45. The van der Waals surface area contributed by atoms with E-state index in [1.165, 1.54) is 24.9 Å². The number of fused-ring (bicyclic) bond motifs is 1. The van der Waals surface area contributed by atoms with Crippen molar-refractivity contribution < 1.29 is 23.6 Å². The third-order valence-corrected chi connectivity index (χ3v) is 5.34. The van der Waals surface area contributed by atoms with Crippen molar-refractivity contribution >= 4 is 35.4 Å². The first-order valence-corrected chi connectivity index (χ1v) is 12.2. The van der Waals surface area contributed by atoms with Crippen molar-refractivity contribution in [1.82, 2.24) is 10.2 Å². The highest BCUT2D eigenvalue weighted by Crippen LogP contribution is 2.32. The van der Waals surface area contributed by atoms with Crippen molar-refractivity contribution in [3.8, 4) is 0 Å². The summed E-state index contributed by atoms with van der Waals surface area (Å²) < 4.78 is 14.7. The van der Waals surface area contributed by atoms with Gasteiger partial charge in [0.25, 0.3) is 5.91 Å². The minimum atomic E-state index is -0.760. The number of nitrogens with zero attached hydrogens (tertiary/aromatic N) is 1. The number of nitrogens with one attached hydrogen (secondary N) is 3. The fourth-order valence-electron chi connectivity index (χ4n) is 3.79. The first-order chi connectivity index (χ1) is 17.4. The lowest BCUT2D eigenvalue weighted by Crippen LogP contribution is -2.46. The maximum atomic E-state index is 14.7. The van der Waals surface area contributed by atoms with Crippen LogP contribution in [-0.4, -0.2) is 42.0 Å². The number of aldehydes is 1. The molecule has 1 unspecified atom stereocenters. The fourth-order valence-corrected chi connectivity index (χ4v) is 3.79. The number of amides is 3. The molecule has 9 heteroatoms. The molecule has 0 saturated carbocycles. The van der Waals surface area contributed by atoms with Gasteiger partial charge < -0.3 is 25.6 Å². The number of hydrogen-bond acceptors (Lipinski definition) is 5. The van der Waals surface area contributed by atoms with Gasteiger partial charge in [0.2, 0.25) is 11.8 Å². The van der Waals surface area contributed by atoms with Crippen LogP contribution in [0.4, 0.5) is 15.8 Å². The molecule has 0 radical (unpaired) electrons. The van der Waals surface area contributed by atoms with Gasteiger partial charge in [-0.05, 0) is 24.6 Å². The van der Waals surface area contributed by atoms with E-state index in [0.29, 0.717) is 22.4 Å². The molecule has 1 heterocycles. The van der Waals surface area contributed by atoms with Crippen LogP contribution in [0.5, 0.6) is 0 Å². The van der Waals surface area contributed by atoms with Crippen molar-refractivity contribution in [3.63, 3.8) is 0 Å². The summed E-state index contributed by atoms with van der Waals surface area (Å²) in [5.41, 5.74) is 2.26. The Morgan fingerprint density at radius 3 is 2.33 bits per heavy atom. The second kappa shape index (κ2) is 15.3. The van der Waals surface area contributed by atoms with Gasteiger partial charge in [-0.25, -0.2) is 4.39 Å². The van der Waals surface area contributed by atoms with E-state index in [-0.39, 0.29) is 49.3 Å². The molecule has 0 saturated heterocycles. The lowest BCUT2D eigenvalue weighted by atomic mass is 10.1. The van der Waals surface area contributed by atoms with E-state index in [1.54, 1.807) is 30.3 Å². The molecule has 3 amide bonds. The third-order valence-electron chi connectivity index (χ3n) is 5.34. The minimum absolute atomic E-state index is 0.0973. The van der Waals surface area contributed by atoms with E-state index in [4.69, 9.17) is 0 Å². The average Bonchev–Trinajstić information content (AvgIpc) is 3.23. The largest absolute Gasteiger partial charge is 0.381 e. The maximum absolute atomic E-state index is 14.7. The van der Waals surface area contributed by atoms with Gasteiger partial charge in [-0.1, -0.05) is 45.9 Å². The molecule has 3 rings (SSSR count). The molecule has 0 aliphatic carbocycles. The minimum Gasteiger partial charge on any atom is -0.381 e. The Hall–Kier alpha value is -3.75. The molecule has 196 valence electrons. The quantitative estimate of drug-likeness (QED) is 0.440. The Balaban J connectivity index is 0.00000154. The van der Waals surface area contributed by atoms with Gasteiger partial charge in [-0.2, -0.15) is 0 Å². The molecule has 1 atom stereocenters. The van der Waals surface area contributed by atoms with Crippen molar-refractivity contribution in [3.05, 3.63) is 58.9 Å². The van der Waals surface area contributed by atoms with Crippen LogP contribution in [0.2, 0.25) is 0 Å². The molecular weight excluding hydrogens is 463 g/mol. The van der Waals surface area contributed by atoms with E-state index < -0.39 is 11.9 Å². The molecule has 8 nitrogen and oxygen atoms in total. The van der Waals surface area contributed by atoms with Gasteiger partial charge in [-0.3, -0.25) is 14.4 Å². The average molecular weight is 501 g/mol. The number of likely N-dealkylation sites (N-methyl/N-ethyl adjacent to an activating group) is 1. The normalized spacial score (nSPS) is 12.2. The summed E-state index contributed by atoms with van der Waals surface area (Å²) in [4.78, 5) is 48.8. The number of hydrogen-bond donors (Lipinski definition) is 3.